The van der Waals surface area contributed by atoms with Gasteiger partial charge in [-0.3, -0.25) is 9.59 Å². The normalized spacial score (nSPS) is 15.7. The summed E-state index contributed by atoms with van der Waals surface area (Å²) >= 11 is 0. The van der Waals surface area contributed by atoms with Crippen LogP contribution in [0.25, 0.3) is 11.1 Å². The van der Waals surface area contributed by atoms with E-state index < -0.39 is 11.9 Å². The van der Waals surface area contributed by atoms with Crippen molar-refractivity contribution in [2.75, 3.05) is 24.5 Å². The molecule has 162 valence electrons. The number of para-hydroxylation sites is 2. The Morgan fingerprint density at radius 3 is 2.48 bits per heavy atom. The smallest absolute Gasteiger partial charge is 0.308 e. The van der Waals surface area contributed by atoms with E-state index in [-0.39, 0.29) is 18.4 Å². The van der Waals surface area contributed by atoms with Crippen molar-refractivity contribution in [1.29, 1.82) is 0 Å². The molecule has 1 fully saturated rings. The zero-order chi connectivity index (χ0) is 21.8. The van der Waals surface area contributed by atoms with Gasteiger partial charge in [0.1, 0.15) is 5.52 Å². The molecule has 0 radical (unpaired) electrons. The molecule has 1 aliphatic heterocycles. The number of hydrogen-bond acceptors (Lipinski definition) is 5. The van der Waals surface area contributed by atoms with Crippen molar-refractivity contribution in [3.8, 4) is 0 Å². The maximum atomic E-state index is 13.3. The summed E-state index contributed by atoms with van der Waals surface area (Å²) in [4.78, 5) is 33.0. The van der Waals surface area contributed by atoms with E-state index in [1.807, 2.05) is 54.6 Å². The molecule has 2 heterocycles. The van der Waals surface area contributed by atoms with Gasteiger partial charge in [0.2, 0.25) is 5.91 Å². The van der Waals surface area contributed by atoms with Gasteiger partial charge in [0.25, 0.3) is 6.01 Å². The second-order valence-electron chi connectivity index (χ2n) is 8.17. The minimum absolute atomic E-state index is 0.0224. The van der Waals surface area contributed by atoms with Gasteiger partial charge >= 0.3 is 5.97 Å². The number of benzene rings is 2. The van der Waals surface area contributed by atoms with E-state index in [4.69, 9.17) is 4.42 Å². The van der Waals surface area contributed by atoms with E-state index in [0.717, 1.165) is 16.7 Å². The van der Waals surface area contributed by atoms with Crippen molar-refractivity contribution in [2.45, 2.75) is 26.3 Å². The van der Waals surface area contributed by atoms with Gasteiger partial charge in [0.05, 0.1) is 5.92 Å². The van der Waals surface area contributed by atoms with E-state index in [1.54, 1.807) is 11.8 Å². The molecular weight excluding hydrogens is 394 g/mol. The highest BCUT2D eigenvalue weighted by Gasteiger charge is 2.31. The number of aliphatic carboxylic acids is 1. The standard InChI is InChI=1S/C24H27N3O4/c1-17(23(29)30)15-27(16-18-7-3-2-4-8-18)22(28)19-11-13-26(14-12-19)24-25-20-9-5-6-10-21(20)31-24/h2-10,17,19H,11-16H2,1H3,(H,29,30)/t17-/m0/s1. The van der Waals surface area contributed by atoms with E-state index in [0.29, 0.717) is 38.5 Å². The molecule has 1 aliphatic rings. The van der Waals surface area contributed by atoms with Crippen LogP contribution in [0.15, 0.2) is 59.0 Å². The maximum absolute atomic E-state index is 13.3. The van der Waals surface area contributed by atoms with Crippen LogP contribution in [0.2, 0.25) is 0 Å². The molecule has 0 spiro atoms. The fraction of sp³-hybridized carbons (Fsp3) is 0.375. The molecule has 7 nitrogen and oxygen atoms in total. The second-order valence-corrected chi connectivity index (χ2v) is 8.17. The fourth-order valence-corrected chi connectivity index (χ4v) is 4.02. The molecule has 1 atom stereocenters. The minimum Gasteiger partial charge on any atom is -0.481 e. The van der Waals surface area contributed by atoms with Gasteiger partial charge in [0.15, 0.2) is 5.58 Å². The van der Waals surface area contributed by atoms with E-state index in [1.165, 1.54) is 0 Å². The zero-order valence-electron chi connectivity index (χ0n) is 17.6. The molecule has 1 aromatic heterocycles. The van der Waals surface area contributed by atoms with Crippen LogP contribution in [0.1, 0.15) is 25.3 Å². The monoisotopic (exact) mass is 421 g/mol. The molecule has 1 amide bonds. The number of carbonyl (C=O) groups is 2. The Hall–Kier alpha value is -3.35. The number of rotatable bonds is 7. The molecule has 4 rings (SSSR count). The number of carbonyl (C=O) groups excluding carboxylic acids is 1. The Bertz CT molecular complexity index is 1010. The molecule has 1 N–H and O–H groups in total. The van der Waals surface area contributed by atoms with Crippen molar-refractivity contribution >= 4 is 29.0 Å². The van der Waals surface area contributed by atoms with Gasteiger partial charge in [0, 0.05) is 32.1 Å². The Morgan fingerprint density at radius 2 is 1.81 bits per heavy atom. The fourth-order valence-electron chi connectivity index (χ4n) is 4.02. The molecule has 0 bridgehead atoms. The number of piperidine rings is 1. The summed E-state index contributed by atoms with van der Waals surface area (Å²) in [6, 6.07) is 18.0. The summed E-state index contributed by atoms with van der Waals surface area (Å²) in [6.45, 7) is 3.62. The quantitative estimate of drug-likeness (QED) is 0.625. The second kappa shape index (κ2) is 9.20. The third-order valence-corrected chi connectivity index (χ3v) is 5.84. The highest BCUT2D eigenvalue weighted by atomic mass is 16.4. The van der Waals surface area contributed by atoms with Crippen LogP contribution < -0.4 is 4.90 Å². The molecule has 0 unspecified atom stereocenters. The summed E-state index contributed by atoms with van der Waals surface area (Å²) in [5.74, 6) is -1.62. The maximum Gasteiger partial charge on any atom is 0.308 e. The van der Waals surface area contributed by atoms with Gasteiger partial charge in [-0.05, 0) is 30.5 Å². The lowest BCUT2D eigenvalue weighted by atomic mass is 9.94. The first-order valence-electron chi connectivity index (χ1n) is 10.7. The predicted molar refractivity (Wildman–Crippen MR) is 118 cm³/mol. The first-order chi connectivity index (χ1) is 15.0. The molecule has 7 heteroatoms. The summed E-state index contributed by atoms with van der Waals surface area (Å²) in [5, 5.41) is 9.35. The number of nitrogens with zero attached hydrogens (tertiary/aromatic N) is 3. The highest BCUT2D eigenvalue weighted by molar-refractivity contribution is 5.80. The largest absolute Gasteiger partial charge is 0.481 e. The first kappa shape index (κ1) is 20.9. The molecule has 3 aromatic rings. The number of anilines is 1. The van der Waals surface area contributed by atoms with E-state index in [9.17, 15) is 14.7 Å². The number of hydrogen-bond donors (Lipinski definition) is 1. The van der Waals surface area contributed by atoms with Gasteiger partial charge in [-0.1, -0.05) is 49.4 Å². The average molecular weight is 421 g/mol. The van der Waals surface area contributed by atoms with E-state index in [2.05, 4.69) is 9.88 Å². The lowest BCUT2D eigenvalue weighted by Crippen LogP contribution is -2.44. The zero-order valence-corrected chi connectivity index (χ0v) is 17.6. The summed E-state index contributed by atoms with van der Waals surface area (Å²) in [5.41, 5.74) is 2.58. The number of oxazole rings is 1. The van der Waals surface area contributed by atoms with Crippen molar-refractivity contribution in [3.63, 3.8) is 0 Å². The highest BCUT2D eigenvalue weighted by Crippen LogP contribution is 2.27. The van der Waals surface area contributed by atoms with Crippen LogP contribution in [0.3, 0.4) is 0 Å². The third-order valence-electron chi connectivity index (χ3n) is 5.84. The average Bonchev–Trinajstić information content (AvgIpc) is 3.23. The molecular formula is C24H27N3O4. The third kappa shape index (κ3) is 4.87. The van der Waals surface area contributed by atoms with Crippen LogP contribution in [-0.2, 0) is 16.1 Å². The molecule has 0 saturated carbocycles. The summed E-state index contributed by atoms with van der Waals surface area (Å²) in [7, 11) is 0. The molecule has 31 heavy (non-hydrogen) atoms. The Balaban J connectivity index is 1.42. The summed E-state index contributed by atoms with van der Waals surface area (Å²) < 4.78 is 5.86. The van der Waals surface area contributed by atoms with Gasteiger partial charge in [-0.2, -0.15) is 4.98 Å². The summed E-state index contributed by atoms with van der Waals surface area (Å²) in [6.07, 6.45) is 1.37. The lowest BCUT2D eigenvalue weighted by Gasteiger charge is -2.34. The topological polar surface area (TPSA) is 86.9 Å². The molecule has 2 aromatic carbocycles. The Labute approximate surface area is 181 Å². The van der Waals surface area contributed by atoms with Gasteiger partial charge in [-0.25, -0.2) is 0 Å². The van der Waals surface area contributed by atoms with Crippen LogP contribution in [0.4, 0.5) is 6.01 Å². The molecule has 0 aliphatic carbocycles. The van der Waals surface area contributed by atoms with Crippen LogP contribution in [0.5, 0.6) is 0 Å². The van der Waals surface area contributed by atoms with Crippen molar-refractivity contribution in [2.24, 2.45) is 11.8 Å². The van der Waals surface area contributed by atoms with Crippen molar-refractivity contribution < 1.29 is 19.1 Å². The number of fused-ring (bicyclic) bond motifs is 1. The Morgan fingerprint density at radius 1 is 1.13 bits per heavy atom. The lowest BCUT2D eigenvalue weighted by molar-refractivity contribution is -0.144. The van der Waals surface area contributed by atoms with Crippen LogP contribution >= 0.6 is 0 Å². The van der Waals surface area contributed by atoms with E-state index >= 15 is 0 Å². The number of aromatic nitrogens is 1. The molecule has 1 saturated heterocycles. The number of carboxylic acids is 1. The Kier molecular flexibility index (Phi) is 6.21. The first-order valence-corrected chi connectivity index (χ1v) is 10.7. The van der Waals surface area contributed by atoms with Crippen LogP contribution in [0, 0.1) is 11.8 Å². The van der Waals surface area contributed by atoms with Gasteiger partial charge < -0.3 is 19.3 Å². The SMILES string of the molecule is C[C@@H](CN(Cc1ccccc1)C(=O)C1CCN(c2nc3ccccc3o2)CC1)C(=O)O. The van der Waals surface area contributed by atoms with Crippen molar-refractivity contribution in [1.82, 2.24) is 9.88 Å². The predicted octanol–water partition coefficient (Wildman–Crippen LogP) is 3.79. The van der Waals surface area contributed by atoms with Crippen LogP contribution in [-0.4, -0.2) is 46.5 Å². The van der Waals surface area contributed by atoms with Crippen molar-refractivity contribution in [3.05, 3.63) is 60.2 Å². The van der Waals surface area contributed by atoms with Gasteiger partial charge in [-0.15, -0.1) is 0 Å². The number of carboxylic acid groups (broad SMARTS) is 1. The number of amides is 1. The minimum atomic E-state index is -0.892.